The molecule has 0 atom stereocenters. The van der Waals surface area contributed by atoms with Crippen molar-refractivity contribution in [2.24, 2.45) is 0 Å². The van der Waals surface area contributed by atoms with E-state index in [1.165, 1.54) is 0 Å². The Morgan fingerprint density at radius 1 is 1.08 bits per heavy atom. The van der Waals surface area contributed by atoms with Crippen LogP contribution >= 0.6 is 0 Å². The topological polar surface area (TPSA) is 93.7 Å². The van der Waals surface area contributed by atoms with Gasteiger partial charge in [-0.3, -0.25) is 4.79 Å². The molecular formula is C17H18N2O5S. The van der Waals surface area contributed by atoms with Crippen LogP contribution in [0.1, 0.15) is 11.1 Å². The number of carbonyl (C=O) groups is 1. The molecule has 1 aliphatic heterocycles. The number of hydrogen-bond acceptors (Lipinski definition) is 5. The summed E-state index contributed by atoms with van der Waals surface area (Å²) in [5, 5.41) is 2.62. The Morgan fingerprint density at radius 2 is 1.84 bits per heavy atom. The van der Waals surface area contributed by atoms with Gasteiger partial charge < -0.3 is 14.8 Å². The van der Waals surface area contributed by atoms with Crippen molar-refractivity contribution >= 4 is 21.6 Å². The summed E-state index contributed by atoms with van der Waals surface area (Å²) >= 11 is 0. The molecule has 8 heteroatoms. The maximum atomic E-state index is 12.4. The van der Waals surface area contributed by atoms with Crippen molar-refractivity contribution < 1.29 is 22.7 Å². The SMILES string of the molecule is Cc1ccc(C)c(S(=O)(=O)NCC(=O)Nc2ccc3c(c2)OCO3)c1. The molecule has 7 nitrogen and oxygen atoms in total. The first-order valence-corrected chi connectivity index (χ1v) is 9.10. The second-order valence-electron chi connectivity index (χ2n) is 5.71. The van der Waals surface area contributed by atoms with Crippen molar-refractivity contribution in [3.8, 4) is 11.5 Å². The quantitative estimate of drug-likeness (QED) is 0.848. The van der Waals surface area contributed by atoms with Crippen LogP contribution in [0.25, 0.3) is 0 Å². The van der Waals surface area contributed by atoms with Gasteiger partial charge in [0.05, 0.1) is 11.4 Å². The van der Waals surface area contributed by atoms with E-state index < -0.39 is 15.9 Å². The Morgan fingerprint density at radius 3 is 2.64 bits per heavy atom. The second kappa shape index (κ2) is 6.73. The first-order chi connectivity index (χ1) is 11.8. The summed E-state index contributed by atoms with van der Waals surface area (Å²) in [6, 6.07) is 10.1. The highest BCUT2D eigenvalue weighted by Crippen LogP contribution is 2.34. The van der Waals surface area contributed by atoms with E-state index in [-0.39, 0.29) is 18.2 Å². The highest BCUT2D eigenvalue weighted by atomic mass is 32.2. The Kier molecular flexibility index (Phi) is 4.65. The van der Waals surface area contributed by atoms with E-state index in [0.717, 1.165) is 5.56 Å². The smallest absolute Gasteiger partial charge is 0.241 e. The standard InChI is InChI=1S/C17H18N2O5S/c1-11-3-4-12(2)16(7-11)25(21,22)18-9-17(20)19-13-5-6-14-15(8-13)24-10-23-14/h3-8,18H,9-10H2,1-2H3,(H,19,20). The minimum absolute atomic E-state index is 0.141. The summed E-state index contributed by atoms with van der Waals surface area (Å²) in [6.45, 7) is 3.29. The molecule has 25 heavy (non-hydrogen) atoms. The molecule has 0 saturated carbocycles. The molecule has 0 spiro atoms. The lowest BCUT2D eigenvalue weighted by Gasteiger charge is -2.11. The maximum Gasteiger partial charge on any atom is 0.241 e. The largest absolute Gasteiger partial charge is 0.454 e. The van der Waals surface area contributed by atoms with Crippen LogP contribution in [0.3, 0.4) is 0 Å². The van der Waals surface area contributed by atoms with Crippen molar-refractivity contribution in [2.45, 2.75) is 18.7 Å². The van der Waals surface area contributed by atoms with Gasteiger partial charge in [-0.15, -0.1) is 0 Å². The number of carbonyl (C=O) groups excluding carboxylic acids is 1. The second-order valence-corrected chi connectivity index (χ2v) is 7.45. The molecule has 0 saturated heterocycles. The zero-order chi connectivity index (χ0) is 18.0. The van der Waals surface area contributed by atoms with Crippen LogP contribution in [0.5, 0.6) is 11.5 Å². The Balaban J connectivity index is 1.64. The highest BCUT2D eigenvalue weighted by Gasteiger charge is 2.19. The van der Waals surface area contributed by atoms with Gasteiger partial charge in [-0.2, -0.15) is 0 Å². The number of amides is 1. The van der Waals surface area contributed by atoms with Crippen molar-refractivity contribution in [1.29, 1.82) is 0 Å². The minimum Gasteiger partial charge on any atom is -0.454 e. The molecule has 2 aromatic carbocycles. The molecule has 0 bridgehead atoms. The lowest BCUT2D eigenvalue weighted by molar-refractivity contribution is -0.115. The van der Waals surface area contributed by atoms with Crippen LogP contribution in [0, 0.1) is 13.8 Å². The molecule has 1 heterocycles. The average molecular weight is 362 g/mol. The third kappa shape index (κ3) is 3.92. The molecule has 3 rings (SSSR count). The maximum absolute atomic E-state index is 12.4. The molecule has 0 fully saturated rings. The third-order valence-corrected chi connectivity index (χ3v) is 5.26. The predicted octanol–water partition coefficient (Wildman–Crippen LogP) is 1.95. The number of ether oxygens (including phenoxy) is 2. The van der Waals surface area contributed by atoms with Gasteiger partial charge in [-0.25, -0.2) is 13.1 Å². The fourth-order valence-corrected chi connectivity index (χ4v) is 3.72. The van der Waals surface area contributed by atoms with E-state index in [1.807, 2.05) is 13.0 Å². The van der Waals surface area contributed by atoms with Crippen molar-refractivity contribution in [3.63, 3.8) is 0 Å². The van der Waals surface area contributed by atoms with E-state index in [9.17, 15) is 13.2 Å². The zero-order valence-electron chi connectivity index (χ0n) is 13.8. The average Bonchev–Trinajstić information content (AvgIpc) is 3.03. The number of fused-ring (bicyclic) bond motifs is 1. The molecule has 2 aromatic rings. The summed E-state index contributed by atoms with van der Waals surface area (Å²) in [5.41, 5.74) is 1.95. The molecule has 2 N–H and O–H groups in total. The lowest BCUT2D eigenvalue weighted by Crippen LogP contribution is -2.33. The number of nitrogens with one attached hydrogen (secondary N) is 2. The van der Waals surface area contributed by atoms with E-state index >= 15 is 0 Å². The molecule has 0 unspecified atom stereocenters. The van der Waals surface area contributed by atoms with Gasteiger partial charge in [0.25, 0.3) is 0 Å². The molecule has 0 aliphatic carbocycles. The Hall–Kier alpha value is -2.58. The normalized spacial score (nSPS) is 12.9. The fraction of sp³-hybridized carbons (Fsp3) is 0.235. The van der Waals surface area contributed by atoms with E-state index in [4.69, 9.17) is 9.47 Å². The van der Waals surface area contributed by atoms with Gasteiger partial charge in [-0.1, -0.05) is 12.1 Å². The van der Waals surface area contributed by atoms with Crippen LogP contribution in [0.15, 0.2) is 41.3 Å². The van der Waals surface area contributed by atoms with Crippen LogP contribution in [0.2, 0.25) is 0 Å². The molecule has 0 aromatic heterocycles. The van der Waals surface area contributed by atoms with Gasteiger partial charge in [0.2, 0.25) is 22.7 Å². The van der Waals surface area contributed by atoms with Crippen LogP contribution < -0.4 is 19.5 Å². The van der Waals surface area contributed by atoms with Crippen LogP contribution in [-0.2, 0) is 14.8 Å². The number of aryl methyl sites for hydroxylation is 2. The van der Waals surface area contributed by atoms with Crippen molar-refractivity contribution in [2.75, 3.05) is 18.7 Å². The van der Waals surface area contributed by atoms with Crippen LogP contribution in [0.4, 0.5) is 5.69 Å². The Labute approximate surface area is 146 Å². The first-order valence-electron chi connectivity index (χ1n) is 7.61. The lowest BCUT2D eigenvalue weighted by atomic mass is 10.2. The number of hydrogen-bond donors (Lipinski definition) is 2. The Bertz CT molecular complexity index is 925. The number of benzene rings is 2. The van der Waals surface area contributed by atoms with E-state index in [1.54, 1.807) is 37.3 Å². The highest BCUT2D eigenvalue weighted by molar-refractivity contribution is 7.89. The van der Waals surface area contributed by atoms with Gasteiger partial charge >= 0.3 is 0 Å². The van der Waals surface area contributed by atoms with Gasteiger partial charge in [0.15, 0.2) is 11.5 Å². The molecule has 1 amide bonds. The summed E-state index contributed by atoms with van der Waals surface area (Å²) in [4.78, 5) is 12.2. The van der Waals surface area contributed by atoms with Gasteiger partial charge in [0.1, 0.15) is 0 Å². The first kappa shape index (κ1) is 17.2. The summed E-state index contributed by atoms with van der Waals surface area (Å²) in [7, 11) is -3.77. The number of sulfonamides is 1. The third-order valence-electron chi connectivity index (χ3n) is 3.71. The summed E-state index contributed by atoms with van der Waals surface area (Å²) in [6.07, 6.45) is 0. The number of rotatable bonds is 5. The van der Waals surface area contributed by atoms with Gasteiger partial charge in [-0.05, 0) is 43.2 Å². The zero-order valence-corrected chi connectivity index (χ0v) is 14.6. The van der Waals surface area contributed by atoms with Crippen LogP contribution in [-0.4, -0.2) is 27.7 Å². The van der Waals surface area contributed by atoms with Crippen molar-refractivity contribution in [3.05, 3.63) is 47.5 Å². The number of anilines is 1. The fourth-order valence-electron chi connectivity index (χ4n) is 2.41. The summed E-state index contributed by atoms with van der Waals surface area (Å²) < 4.78 is 37.5. The predicted molar refractivity (Wildman–Crippen MR) is 92.3 cm³/mol. The molecule has 1 aliphatic rings. The molecular weight excluding hydrogens is 344 g/mol. The molecule has 0 radical (unpaired) electrons. The van der Waals surface area contributed by atoms with Crippen molar-refractivity contribution in [1.82, 2.24) is 4.72 Å². The minimum atomic E-state index is -3.77. The molecule has 132 valence electrons. The monoisotopic (exact) mass is 362 g/mol. The van der Waals surface area contributed by atoms with Gasteiger partial charge in [0, 0.05) is 11.8 Å². The summed E-state index contributed by atoms with van der Waals surface area (Å²) in [5.74, 6) is 0.662. The van der Waals surface area contributed by atoms with E-state index in [2.05, 4.69) is 10.0 Å². The van der Waals surface area contributed by atoms with E-state index in [0.29, 0.717) is 22.7 Å².